The number of nitrogens with one attached hydrogen (secondary N) is 2. The van der Waals surface area contributed by atoms with E-state index in [0.717, 1.165) is 0 Å². The number of hydrogen-bond donors (Lipinski definition) is 2. The highest BCUT2D eigenvalue weighted by Gasteiger charge is 2.17. The van der Waals surface area contributed by atoms with Gasteiger partial charge in [-0.15, -0.1) is 0 Å². The SMILES string of the molecule is CC(C)(C)OC(=O)Nc1cc(-c2cccc([N+](=O)[O-])c2)[nH]n1. The van der Waals surface area contributed by atoms with Crippen molar-refractivity contribution in [1.29, 1.82) is 0 Å². The number of rotatable bonds is 3. The van der Waals surface area contributed by atoms with Gasteiger partial charge < -0.3 is 4.74 Å². The lowest BCUT2D eigenvalue weighted by Crippen LogP contribution is -2.27. The Bertz CT molecular complexity index is 703. The Morgan fingerprint density at radius 1 is 1.36 bits per heavy atom. The Morgan fingerprint density at radius 3 is 2.73 bits per heavy atom. The molecule has 0 unspecified atom stereocenters. The molecule has 116 valence electrons. The van der Waals surface area contributed by atoms with Crippen LogP contribution in [0.1, 0.15) is 20.8 Å². The summed E-state index contributed by atoms with van der Waals surface area (Å²) in [5, 5.41) is 19.9. The summed E-state index contributed by atoms with van der Waals surface area (Å²) in [5.74, 6) is 0.274. The zero-order chi connectivity index (χ0) is 16.3. The molecule has 2 rings (SSSR count). The molecule has 8 heteroatoms. The molecule has 0 bridgehead atoms. The summed E-state index contributed by atoms with van der Waals surface area (Å²) in [6, 6.07) is 7.68. The molecular weight excluding hydrogens is 288 g/mol. The van der Waals surface area contributed by atoms with Gasteiger partial charge in [0.25, 0.3) is 5.69 Å². The molecule has 22 heavy (non-hydrogen) atoms. The zero-order valence-corrected chi connectivity index (χ0v) is 12.4. The number of carbonyl (C=O) groups is 1. The van der Waals surface area contributed by atoms with E-state index in [1.165, 1.54) is 12.1 Å². The van der Waals surface area contributed by atoms with E-state index in [1.807, 2.05) is 0 Å². The van der Waals surface area contributed by atoms with Crippen LogP contribution in [0.25, 0.3) is 11.3 Å². The maximum Gasteiger partial charge on any atom is 0.413 e. The van der Waals surface area contributed by atoms with E-state index in [1.54, 1.807) is 39.0 Å². The molecule has 0 aliphatic carbocycles. The van der Waals surface area contributed by atoms with Crippen LogP contribution in [0.4, 0.5) is 16.3 Å². The van der Waals surface area contributed by atoms with Gasteiger partial charge in [-0.3, -0.25) is 20.5 Å². The topological polar surface area (TPSA) is 110 Å². The molecule has 0 spiro atoms. The van der Waals surface area contributed by atoms with Crippen molar-refractivity contribution in [3.8, 4) is 11.3 Å². The van der Waals surface area contributed by atoms with Crippen molar-refractivity contribution in [2.45, 2.75) is 26.4 Å². The largest absolute Gasteiger partial charge is 0.444 e. The van der Waals surface area contributed by atoms with Crippen molar-refractivity contribution in [2.24, 2.45) is 0 Å². The van der Waals surface area contributed by atoms with E-state index in [4.69, 9.17) is 4.74 Å². The molecule has 0 radical (unpaired) electrons. The van der Waals surface area contributed by atoms with E-state index in [2.05, 4.69) is 15.5 Å². The van der Waals surface area contributed by atoms with Crippen LogP contribution in [0.3, 0.4) is 0 Å². The molecule has 1 amide bonds. The molecule has 1 heterocycles. The van der Waals surface area contributed by atoms with Crippen LogP contribution < -0.4 is 5.32 Å². The molecule has 8 nitrogen and oxygen atoms in total. The highest BCUT2D eigenvalue weighted by atomic mass is 16.6. The Labute approximate surface area is 126 Å². The summed E-state index contributed by atoms with van der Waals surface area (Å²) in [6.07, 6.45) is -0.621. The summed E-state index contributed by atoms with van der Waals surface area (Å²) in [6.45, 7) is 5.27. The summed E-state index contributed by atoms with van der Waals surface area (Å²) in [7, 11) is 0. The second kappa shape index (κ2) is 5.84. The fraction of sp³-hybridized carbons (Fsp3) is 0.286. The van der Waals surface area contributed by atoms with Gasteiger partial charge in [-0.1, -0.05) is 12.1 Å². The van der Waals surface area contributed by atoms with Gasteiger partial charge in [-0.25, -0.2) is 4.79 Å². The number of nitro benzene ring substituents is 1. The van der Waals surface area contributed by atoms with Gasteiger partial charge >= 0.3 is 6.09 Å². The maximum absolute atomic E-state index is 11.6. The van der Waals surface area contributed by atoms with Gasteiger partial charge in [0.05, 0.1) is 10.6 Å². The fourth-order valence-corrected chi connectivity index (χ4v) is 1.73. The Balaban J connectivity index is 2.13. The van der Waals surface area contributed by atoms with Gasteiger partial charge in [-0.2, -0.15) is 5.10 Å². The molecule has 0 fully saturated rings. The monoisotopic (exact) mass is 304 g/mol. The average molecular weight is 304 g/mol. The number of nitro groups is 1. The molecule has 1 aromatic heterocycles. The molecule has 0 atom stereocenters. The second-order valence-electron chi connectivity index (χ2n) is 5.60. The highest BCUT2D eigenvalue weighted by molar-refractivity contribution is 5.84. The number of anilines is 1. The van der Waals surface area contributed by atoms with Crippen molar-refractivity contribution in [3.63, 3.8) is 0 Å². The van der Waals surface area contributed by atoms with Crippen LogP contribution in [-0.4, -0.2) is 26.8 Å². The average Bonchev–Trinajstić information content (AvgIpc) is 2.85. The minimum Gasteiger partial charge on any atom is -0.444 e. The number of H-pyrrole nitrogens is 1. The molecule has 0 aliphatic rings. The van der Waals surface area contributed by atoms with Gasteiger partial charge in [0.15, 0.2) is 5.82 Å². The van der Waals surface area contributed by atoms with E-state index in [0.29, 0.717) is 11.3 Å². The molecular formula is C14H16N4O4. The number of ether oxygens (including phenoxy) is 1. The van der Waals surface area contributed by atoms with Crippen molar-refractivity contribution in [1.82, 2.24) is 10.2 Å². The minimum atomic E-state index is -0.621. The first-order valence-electron chi connectivity index (χ1n) is 6.55. The first kappa shape index (κ1) is 15.5. The van der Waals surface area contributed by atoms with Crippen LogP contribution in [-0.2, 0) is 4.74 Å². The lowest BCUT2D eigenvalue weighted by molar-refractivity contribution is -0.384. The number of nitrogens with zero attached hydrogens (tertiary/aromatic N) is 2. The molecule has 1 aromatic carbocycles. The van der Waals surface area contributed by atoms with Gasteiger partial charge in [0, 0.05) is 23.8 Å². The normalized spacial score (nSPS) is 11.0. The molecule has 0 aliphatic heterocycles. The van der Waals surface area contributed by atoms with Crippen LogP contribution in [0, 0.1) is 10.1 Å². The summed E-state index contributed by atoms with van der Waals surface area (Å²) in [4.78, 5) is 21.9. The predicted octanol–water partition coefficient (Wildman–Crippen LogP) is 3.33. The maximum atomic E-state index is 11.6. The quantitative estimate of drug-likeness (QED) is 0.667. The molecule has 0 saturated carbocycles. The third-order valence-electron chi connectivity index (χ3n) is 2.57. The number of benzene rings is 1. The van der Waals surface area contributed by atoms with Gasteiger partial charge in [-0.05, 0) is 20.8 Å². The first-order chi connectivity index (χ1) is 10.2. The Hall–Kier alpha value is -2.90. The van der Waals surface area contributed by atoms with E-state index >= 15 is 0 Å². The summed E-state index contributed by atoms with van der Waals surface area (Å²) in [5.41, 5.74) is 0.519. The van der Waals surface area contributed by atoms with Crippen LogP contribution in [0.15, 0.2) is 30.3 Å². The lowest BCUT2D eigenvalue weighted by atomic mass is 10.1. The van der Waals surface area contributed by atoms with Crippen LogP contribution in [0.2, 0.25) is 0 Å². The minimum absolute atomic E-state index is 0.0197. The highest BCUT2D eigenvalue weighted by Crippen LogP contribution is 2.24. The number of amides is 1. The van der Waals surface area contributed by atoms with Crippen LogP contribution >= 0.6 is 0 Å². The Kier molecular flexibility index (Phi) is 4.11. The molecule has 2 N–H and O–H groups in total. The standard InChI is InChI=1S/C14H16N4O4/c1-14(2,3)22-13(19)15-12-8-11(16-17-12)9-5-4-6-10(7-9)18(20)21/h4-8H,1-3H3,(H2,15,16,17,19). The van der Waals surface area contributed by atoms with Crippen molar-refractivity contribution >= 4 is 17.6 Å². The third-order valence-corrected chi connectivity index (χ3v) is 2.57. The predicted molar refractivity (Wildman–Crippen MR) is 80.5 cm³/mol. The molecule has 0 saturated heterocycles. The first-order valence-corrected chi connectivity index (χ1v) is 6.55. The number of hydrogen-bond acceptors (Lipinski definition) is 5. The second-order valence-corrected chi connectivity index (χ2v) is 5.60. The third kappa shape index (κ3) is 4.05. The number of non-ortho nitro benzene ring substituents is 1. The van der Waals surface area contributed by atoms with Crippen molar-refractivity contribution in [3.05, 3.63) is 40.4 Å². The van der Waals surface area contributed by atoms with E-state index in [9.17, 15) is 14.9 Å². The molecule has 2 aromatic rings. The summed E-state index contributed by atoms with van der Waals surface area (Å²) < 4.78 is 5.11. The fourth-order valence-electron chi connectivity index (χ4n) is 1.73. The van der Waals surface area contributed by atoms with Crippen molar-refractivity contribution < 1.29 is 14.5 Å². The van der Waals surface area contributed by atoms with Crippen molar-refractivity contribution in [2.75, 3.05) is 5.32 Å². The van der Waals surface area contributed by atoms with Crippen LogP contribution in [0.5, 0.6) is 0 Å². The lowest BCUT2D eigenvalue weighted by Gasteiger charge is -2.18. The summed E-state index contributed by atoms with van der Waals surface area (Å²) >= 11 is 0. The Morgan fingerprint density at radius 2 is 2.09 bits per heavy atom. The number of carbonyl (C=O) groups excluding carboxylic acids is 1. The van der Waals surface area contributed by atoms with Gasteiger partial charge in [0.1, 0.15) is 5.60 Å². The van der Waals surface area contributed by atoms with E-state index in [-0.39, 0.29) is 11.5 Å². The number of aromatic amines is 1. The number of aromatic nitrogens is 2. The smallest absolute Gasteiger partial charge is 0.413 e. The van der Waals surface area contributed by atoms with Gasteiger partial charge in [0.2, 0.25) is 0 Å². The zero-order valence-electron chi connectivity index (χ0n) is 12.4. The van der Waals surface area contributed by atoms with E-state index < -0.39 is 16.6 Å².